The van der Waals surface area contributed by atoms with Gasteiger partial charge in [0.15, 0.2) is 0 Å². The van der Waals surface area contributed by atoms with E-state index >= 15 is 0 Å². The first-order chi connectivity index (χ1) is 9.90. The molecule has 2 rings (SSSR count). The lowest BCUT2D eigenvalue weighted by molar-refractivity contribution is -0.385. The van der Waals surface area contributed by atoms with Gasteiger partial charge in [-0.25, -0.2) is 4.39 Å². The topological polar surface area (TPSA) is 72.2 Å². The van der Waals surface area contributed by atoms with E-state index in [1.165, 1.54) is 30.3 Å². The summed E-state index contributed by atoms with van der Waals surface area (Å²) in [5, 5.41) is 13.6. The number of nitro groups is 1. The number of halogens is 2. The summed E-state index contributed by atoms with van der Waals surface area (Å²) < 4.78 is 13.5. The van der Waals surface area contributed by atoms with Gasteiger partial charge in [-0.2, -0.15) is 0 Å². The van der Waals surface area contributed by atoms with E-state index in [0.29, 0.717) is 14.8 Å². The Labute approximate surface area is 133 Å². The van der Waals surface area contributed by atoms with Gasteiger partial charge in [0.1, 0.15) is 11.4 Å². The number of amides is 1. The number of benzene rings is 2. The van der Waals surface area contributed by atoms with Crippen LogP contribution in [0, 0.1) is 26.4 Å². The maximum Gasteiger partial charge on any atom is 0.282 e. The zero-order valence-electron chi connectivity index (χ0n) is 10.9. The average Bonchev–Trinajstić information content (AvgIpc) is 2.41. The Morgan fingerprint density at radius 1 is 1.33 bits per heavy atom. The first kappa shape index (κ1) is 15.4. The molecule has 2 aromatic carbocycles. The van der Waals surface area contributed by atoms with Crippen LogP contribution < -0.4 is 5.32 Å². The van der Waals surface area contributed by atoms with Crippen molar-refractivity contribution in [3.05, 3.63) is 67.0 Å². The number of anilines is 1. The Morgan fingerprint density at radius 2 is 2.05 bits per heavy atom. The number of carbonyl (C=O) groups excluding carboxylic acids is 1. The quantitative estimate of drug-likeness (QED) is 0.483. The molecule has 0 saturated heterocycles. The van der Waals surface area contributed by atoms with Gasteiger partial charge in [0.05, 0.1) is 10.6 Å². The Balaban J connectivity index is 2.39. The van der Waals surface area contributed by atoms with Crippen LogP contribution >= 0.6 is 22.6 Å². The molecular formula is C14H10FIN2O3. The van der Waals surface area contributed by atoms with Gasteiger partial charge in [-0.15, -0.1) is 0 Å². The molecule has 1 N–H and O–H groups in total. The first-order valence-electron chi connectivity index (χ1n) is 5.90. The van der Waals surface area contributed by atoms with Crippen LogP contribution in [0.15, 0.2) is 36.4 Å². The predicted molar refractivity (Wildman–Crippen MR) is 84.9 cm³/mol. The van der Waals surface area contributed by atoms with Crippen molar-refractivity contribution in [1.29, 1.82) is 0 Å². The smallest absolute Gasteiger partial charge is 0.282 e. The summed E-state index contributed by atoms with van der Waals surface area (Å²) >= 11 is 1.88. The SMILES string of the molecule is Cc1cccc([N+](=O)[O-])c1C(=O)Nc1ccc(F)cc1I. The lowest BCUT2D eigenvalue weighted by Gasteiger charge is -2.09. The summed E-state index contributed by atoms with van der Waals surface area (Å²) in [4.78, 5) is 22.7. The number of rotatable bonds is 3. The molecule has 0 atom stereocenters. The number of nitro benzene ring substituents is 1. The molecule has 0 unspecified atom stereocenters. The van der Waals surface area contributed by atoms with Gasteiger partial charge in [-0.1, -0.05) is 12.1 Å². The van der Waals surface area contributed by atoms with Gasteiger partial charge in [0.25, 0.3) is 11.6 Å². The molecule has 0 aliphatic heterocycles. The lowest BCUT2D eigenvalue weighted by atomic mass is 10.1. The molecule has 108 valence electrons. The second kappa shape index (κ2) is 6.17. The molecule has 0 heterocycles. The first-order valence-corrected chi connectivity index (χ1v) is 6.98. The van der Waals surface area contributed by atoms with Gasteiger partial charge < -0.3 is 5.32 Å². The normalized spacial score (nSPS) is 10.2. The molecule has 0 saturated carbocycles. The van der Waals surface area contributed by atoms with Crippen molar-refractivity contribution in [1.82, 2.24) is 0 Å². The van der Waals surface area contributed by atoms with E-state index in [-0.39, 0.29) is 11.3 Å². The minimum absolute atomic E-state index is 0.00243. The summed E-state index contributed by atoms with van der Waals surface area (Å²) in [5.41, 5.74) is 0.644. The van der Waals surface area contributed by atoms with Gasteiger partial charge >= 0.3 is 0 Å². The van der Waals surface area contributed by atoms with Crippen LogP contribution in [0.1, 0.15) is 15.9 Å². The van der Waals surface area contributed by atoms with Crippen molar-refractivity contribution in [2.45, 2.75) is 6.92 Å². The lowest BCUT2D eigenvalue weighted by Crippen LogP contribution is -2.16. The zero-order chi connectivity index (χ0) is 15.6. The maximum atomic E-state index is 13.0. The van der Waals surface area contributed by atoms with Gasteiger partial charge in [-0.05, 0) is 53.3 Å². The standard InChI is InChI=1S/C14H10FIN2O3/c1-8-3-2-4-12(18(20)21)13(8)14(19)17-11-6-5-9(15)7-10(11)16/h2-7H,1H3,(H,17,19). The van der Waals surface area contributed by atoms with Crippen LogP contribution in [0.4, 0.5) is 15.8 Å². The van der Waals surface area contributed by atoms with E-state index in [0.717, 1.165) is 0 Å². The monoisotopic (exact) mass is 400 g/mol. The second-order valence-corrected chi connectivity index (χ2v) is 5.47. The third-order valence-electron chi connectivity index (χ3n) is 2.85. The fourth-order valence-electron chi connectivity index (χ4n) is 1.88. The highest BCUT2D eigenvalue weighted by Gasteiger charge is 2.22. The molecule has 0 aliphatic carbocycles. The summed E-state index contributed by atoms with van der Waals surface area (Å²) in [7, 11) is 0. The number of hydrogen-bond acceptors (Lipinski definition) is 3. The average molecular weight is 400 g/mol. The molecule has 0 bridgehead atoms. The molecule has 0 radical (unpaired) electrons. The molecule has 2 aromatic rings. The highest BCUT2D eigenvalue weighted by Crippen LogP contribution is 2.25. The van der Waals surface area contributed by atoms with Gasteiger partial charge in [0.2, 0.25) is 0 Å². The van der Waals surface area contributed by atoms with Crippen molar-refractivity contribution < 1.29 is 14.1 Å². The molecule has 21 heavy (non-hydrogen) atoms. The largest absolute Gasteiger partial charge is 0.321 e. The highest BCUT2D eigenvalue weighted by molar-refractivity contribution is 14.1. The van der Waals surface area contributed by atoms with Crippen molar-refractivity contribution in [2.24, 2.45) is 0 Å². The Morgan fingerprint density at radius 3 is 2.67 bits per heavy atom. The van der Waals surface area contributed by atoms with Gasteiger partial charge in [-0.3, -0.25) is 14.9 Å². The predicted octanol–water partition coefficient (Wildman–Crippen LogP) is 3.90. The second-order valence-electron chi connectivity index (χ2n) is 4.30. The number of aryl methyl sites for hydroxylation is 1. The van der Waals surface area contributed by atoms with Crippen LogP contribution in [0.25, 0.3) is 0 Å². The van der Waals surface area contributed by atoms with Crippen molar-refractivity contribution in [3.8, 4) is 0 Å². The highest BCUT2D eigenvalue weighted by atomic mass is 127. The van der Waals surface area contributed by atoms with E-state index in [9.17, 15) is 19.3 Å². The van der Waals surface area contributed by atoms with E-state index in [2.05, 4.69) is 5.32 Å². The zero-order valence-corrected chi connectivity index (χ0v) is 13.0. The van der Waals surface area contributed by atoms with Crippen LogP contribution in [0.3, 0.4) is 0 Å². The maximum absolute atomic E-state index is 13.0. The van der Waals surface area contributed by atoms with Crippen LogP contribution in [-0.4, -0.2) is 10.8 Å². The molecular weight excluding hydrogens is 390 g/mol. The Hall–Kier alpha value is -2.03. The number of nitrogens with zero attached hydrogens (tertiary/aromatic N) is 1. The molecule has 0 fully saturated rings. The third-order valence-corrected chi connectivity index (χ3v) is 3.75. The Kier molecular flexibility index (Phi) is 4.51. The van der Waals surface area contributed by atoms with Crippen molar-refractivity contribution in [3.63, 3.8) is 0 Å². The molecule has 5 nitrogen and oxygen atoms in total. The molecule has 7 heteroatoms. The van der Waals surface area contributed by atoms with Crippen LogP contribution in [-0.2, 0) is 0 Å². The van der Waals surface area contributed by atoms with Crippen molar-refractivity contribution >= 4 is 39.9 Å². The molecule has 0 aromatic heterocycles. The fourth-order valence-corrected chi connectivity index (χ4v) is 2.49. The van der Waals surface area contributed by atoms with Gasteiger partial charge in [0, 0.05) is 9.64 Å². The number of hydrogen-bond donors (Lipinski definition) is 1. The number of nitrogens with one attached hydrogen (secondary N) is 1. The summed E-state index contributed by atoms with van der Waals surface area (Å²) in [5.74, 6) is -1.01. The van der Waals surface area contributed by atoms with E-state index in [1.807, 2.05) is 22.6 Å². The van der Waals surface area contributed by atoms with Crippen LogP contribution in [0.5, 0.6) is 0 Å². The Bertz CT molecular complexity index is 734. The minimum atomic E-state index is -0.600. The van der Waals surface area contributed by atoms with E-state index in [1.54, 1.807) is 13.0 Å². The fraction of sp³-hybridized carbons (Fsp3) is 0.0714. The minimum Gasteiger partial charge on any atom is -0.321 e. The summed E-state index contributed by atoms with van der Waals surface area (Å²) in [6.07, 6.45) is 0. The third kappa shape index (κ3) is 3.35. The molecule has 0 spiro atoms. The van der Waals surface area contributed by atoms with E-state index in [4.69, 9.17) is 0 Å². The molecule has 1 amide bonds. The summed E-state index contributed by atoms with van der Waals surface area (Å²) in [6.45, 7) is 1.62. The molecule has 0 aliphatic rings. The number of carbonyl (C=O) groups is 1. The van der Waals surface area contributed by atoms with E-state index < -0.39 is 16.6 Å². The van der Waals surface area contributed by atoms with Crippen LogP contribution in [0.2, 0.25) is 0 Å². The summed E-state index contributed by atoms with van der Waals surface area (Å²) in [6, 6.07) is 8.31. The van der Waals surface area contributed by atoms with Crippen molar-refractivity contribution in [2.75, 3.05) is 5.32 Å².